The van der Waals surface area contributed by atoms with Crippen molar-refractivity contribution in [2.45, 2.75) is 33.2 Å². The largest absolute Gasteiger partial charge is 0.467 e. The Bertz CT molecular complexity index is 1430. The summed E-state index contributed by atoms with van der Waals surface area (Å²) in [5.41, 5.74) is 8.66. The lowest BCUT2D eigenvalue weighted by Gasteiger charge is -2.10. The first-order valence-electron chi connectivity index (χ1n) is 11.5. The van der Waals surface area contributed by atoms with E-state index in [9.17, 15) is 4.79 Å². The van der Waals surface area contributed by atoms with Crippen LogP contribution in [-0.4, -0.2) is 15.3 Å². The summed E-state index contributed by atoms with van der Waals surface area (Å²) in [5.74, 6) is 0.724. The average Bonchev–Trinajstić information content (AvgIpc) is 3.51. The zero-order valence-electron chi connectivity index (χ0n) is 19.4. The number of imidazole rings is 1. The number of rotatable bonds is 7. The molecule has 5 rings (SSSR count). The third kappa shape index (κ3) is 4.50. The van der Waals surface area contributed by atoms with Gasteiger partial charge in [0.25, 0.3) is 0 Å². The SMILES string of the molecule is Cc1ccc(C)c(-c2ccc3nc(-c4ccccc4)c(CCC(=O)NCc4ccco4)n3c2)c1. The fraction of sp³-hybridized carbons (Fsp3) is 0.172. The van der Waals surface area contributed by atoms with E-state index in [4.69, 9.17) is 9.40 Å². The van der Waals surface area contributed by atoms with Gasteiger partial charge >= 0.3 is 0 Å². The van der Waals surface area contributed by atoms with Gasteiger partial charge in [0.15, 0.2) is 0 Å². The molecule has 0 fully saturated rings. The Labute approximate surface area is 199 Å². The molecule has 170 valence electrons. The number of amides is 1. The lowest BCUT2D eigenvalue weighted by molar-refractivity contribution is -0.121. The van der Waals surface area contributed by atoms with Crippen LogP contribution in [-0.2, 0) is 17.8 Å². The van der Waals surface area contributed by atoms with Gasteiger partial charge in [-0.2, -0.15) is 0 Å². The van der Waals surface area contributed by atoms with Gasteiger partial charge in [-0.3, -0.25) is 4.79 Å². The summed E-state index contributed by atoms with van der Waals surface area (Å²) in [6.45, 7) is 4.63. The molecule has 0 aliphatic carbocycles. The monoisotopic (exact) mass is 449 g/mol. The van der Waals surface area contributed by atoms with Crippen LogP contribution in [0.1, 0.15) is 29.0 Å². The van der Waals surface area contributed by atoms with Crippen molar-refractivity contribution in [3.63, 3.8) is 0 Å². The standard InChI is InChI=1S/C29H27N3O2/c1-20-10-11-21(2)25(17-20)23-12-14-27-31-29(22-7-4-3-5-8-22)26(32(27)19-23)13-15-28(33)30-18-24-9-6-16-34-24/h3-12,14,16-17,19H,13,15,18H2,1-2H3,(H,30,33). The zero-order valence-corrected chi connectivity index (χ0v) is 19.4. The predicted octanol–water partition coefficient (Wildman–Crippen LogP) is 6.13. The number of furan rings is 1. The lowest BCUT2D eigenvalue weighted by Crippen LogP contribution is -2.23. The zero-order chi connectivity index (χ0) is 23.5. The van der Waals surface area contributed by atoms with E-state index in [2.05, 4.69) is 72.2 Å². The molecule has 3 heterocycles. The number of aryl methyl sites for hydroxylation is 3. The highest BCUT2D eigenvalue weighted by molar-refractivity contribution is 5.77. The van der Waals surface area contributed by atoms with Gasteiger partial charge in [0, 0.05) is 18.2 Å². The molecule has 0 unspecified atom stereocenters. The topological polar surface area (TPSA) is 59.5 Å². The first-order valence-corrected chi connectivity index (χ1v) is 11.5. The smallest absolute Gasteiger partial charge is 0.220 e. The molecule has 1 amide bonds. The van der Waals surface area contributed by atoms with Crippen molar-refractivity contribution < 1.29 is 9.21 Å². The van der Waals surface area contributed by atoms with E-state index < -0.39 is 0 Å². The number of nitrogens with zero attached hydrogens (tertiary/aromatic N) is 2. The average molecular weight is 450 g/mol. The van der Waals surface area contributed by atoms with Crippen LogP contribution < -0.4 is 5.32 Å². The normalized spacial score (nSPS) is 11.1. The second-order valence-corrected chi connectivity index (χ2v) is 8.59. The molecule has 5 heteroatoms. The Morgan fingerprint density at radius 1 is 0.971 bits per heavy atom. The van der Waals surface area contributed by atoms with E-state index in [0.717, 1.165) is 33.9 Å². The fourth-order valence-electron chi connectivity index (χ4n) is 4.28. The van der Waals surface area contributed by atoms with E-state index in [1.807, 2.05) is 30.3 Å². The van der Waals surface area contributed by atoms with Crippen LogP contribution in [0, 0.1) is 13.8 Å². The second kappa shape index (κ2) is 9.40. The van der Waals surface area contributed by atoms with E-state index >= 15 is 0 Å². The van der Waals surface area contributed by atoms with Crippen LogP contribution in [0.5, 0.6) is 0 Å². The van der Waals surface area contributed by atoms with Crippen molar-refractivity contribution in [3.05, 3.63) is 108 Å². The number of nitrogens with one attached hydrogen (secondary N) is 1. The first-order chi connectivity index (χ1) is 16.6. The molecule has 0 spiro atoms. The van der Waals surface area contributed by atoms with Gasteiger partial charge in [0.2, 0.25) is 5.91 Å². The van der Waals surface area contributed by atoms with Crippen molar-refractivity contribution in [3.8, 4) is 22.4 Å². The molecule has 0 radical (unpaired) electrons. The Morgan fingerprint density at radius 3 is 2.62 bits per heavy atom. The summed E-state index contributed by atoms with van der Waals surface area (Å²) < 4.78 is 7.45. The van der Waals surface area contributed by atoms with E-state index in [-0.39, 0.29) is 5.91 Å². The molecular formula is C29H27N3O2. The molecule has 2 aromatic carbocycles. The Morgan fingerprint density at radius 2 is 1.82 bits per heavy atom. The summed E-state index contributed by atoms with van der Waals surface area (Å²) in [4.78, 5) is 17.5. The van der Waals surface area contributed by atoms with Crippen LogP contribution in [0.3, 0.4) is 0 Å². The molecule has 5 aromatic rings. The van der Waals surface area contributed by atoms with E-state index in [1.165, 1.54) is 16.7 Å². The molecule has 0 aliphatic heterocycles. The Hall–Kier alpha value is -4.12. The summed E-state index contributed by atoms with van der Waals surface area (Å²) in [7, 11) is 0. The highest BCUT2D eigenvalue weighted by Crippen LogP contribution is 2.29. The van der Waals surface area contributed by atoms with Gasteiger partial charge in [-0.1, -0.05) is 54.1 Å². The highest BCUT2D eigenvalue weighted by Gasteiger charge is 2.16. The minimum atomic E-state index is -0.0176. The number of hydrogen-bond donors (Lipinski definition) is 1. The maximum absolute atomic E-state index is 12.6. The molecule has 5 nitrogen and oxygen atoms in total. The molecular weight excluding hydrogens is 422 g/mol. The second-order valence-electron chi connectivity index (χ2n) is 8.59. The lowest BCUT2D eigenvalue weighted by atomic mass is 10.00. The number of benzene rings is 2. The van der Waals surface area contributed by atoms with Crippen LogP contribution >= 0.6 is 0 Å². The van der Waals surface area contributed by atoms with Gasteiger partial charge in [-0.25, -0.2) is 4.98 Å². The number of hydrogen-bond acceptors (Lipinski definition) is 3. The Kier molecular flexibility index (Phi) is 6.00. The van der Waals surface area contributed by atoms with Gasteiger partial charge in [0.05, 0.1) is 24.2 Å². The number of pyridine rings is 1. The summed E-state index contributed by atoms with van der Waals surface area (Å²) in [5, 5.41) is 2.94. The Balaban J connectivity index is 1.50. The predicted molar refractivity (Wildman–Crippen MR) is 134 cm³/mol. The first kappa shape index (κ1) is 21.7. The maximum atomic E-state index is 12.6. The van der Waals surface area contributed by atoms with Crippen LogP contribution in [0.15, 0.2) is 89.7 Å². The molecule has 34 heavy (non-hydrogen) atoms. The maximum Gasteiger partial charge on any atom is 0.220 e. The number of fused-ring (bicyclic) bond motifs is 1. The molecule has 0 bridgehead atoms. The molecule has 0 atom stereocenters. The van der Waals surface area contributed by atoms with Crippen molar-refractivity contribution in [2.24, 2.45) is 0 Å². The molecule has 0 saturated heterocycles. The van der Waals surface area contributed by atoms with Gasteiger partial charge in [-0.05, 0) is 61.2 Å². The van der Waals surface area contributed by atoms with Crippen molar-refractivity contribution in [1.82, 2.24) is 14.7 Å². The van der Waals surface area contributed by atoms with Crippen LogP contribution in [0.2, 0.25) is 0 Å². The quantitative estimate of drug-likeness (QED) is 0.325. The van der Waals surface area contributed by atoms with Gasteiger partial charge < -0.3 is 14.1 Å². The van der Waals surface area contributed by atoms with Crippen molar-refractivity contribution in [1.29, 1.82) is 0 Å². The summed E-state index contributed by atoms with van der Waals surface area (Å²) >= 11 is 0. The third-order valence-electron chi connectivity index (χ3n) is 6.10. The van der Waals surface area contributed by atoms with Crippen molar-refractivity contribution in [2.75, 3.05) is 0 Å². The molecule has 3 aromatic heterocycles. The summed E-state index contributed by atoms with van der Waals surface area (Å²) in [6.07, 6.45) is 4.69. The van der Waals surface area contributed by atoms with Gasteiger partial charge in [-0.15, -0.1) is 0 Å². The van der Waals surface area contributed by atoms with Crippen LogP contribution in [0.25, 0.3) is 28.0 Å². The molecule has 0 aliphatic rings. The number of carbonyl (C=O) groups excluding carboxylic acids is 1. The van der Waals surface area contributed by atoms with Gasteiger partial charge in [0.1, 0.15) is 11.4 Å². The van der Waals surface area contributed by atoms with E-state index in [1.54, 1.807) is 6.26 Å². The third-order valence-corrected chi connectivity index (χ3v) is 6.10. The minimum absolute atomic E-state index is 0.0176. The number of carbonyl (C=O) groups is 1. The number of aromatic nitrogens is 2. The fourth-order valence-corrected chi connectivity index (χ4v) is 4.28. The molecule has 0 saturated carbocycles. The van der Waals surface area contributed by atoms with Crippen molar-refractivity contribution >= 4 is 11.6 Å². The van der Waals surface area contributed by atoms with E-state index in [0.29, 0.717) is 19.4 Å². The highest BCUT2D eigenvalue weighted by atomic mass is 16.3. The minimum Gasteiger partial charge on any atom is -0.467 e. The van der Waals surface area contributed by atoms with Crippen LogP contribution in [0.4, 0.5) is 0 Å². The summed E-state index contributed by atoms with van der Waals surface area (Å²) in [6, 6.07) is 24.5. The molecule has 1 N–H and O–H groups in total.